The van der Waals surface area contributed by atoms with Gasteiger partial charge in [-0.1, -0.05) is 31.2 Å². The van der Waals surface area contributed by atoms with Crippen molar-refractivity contribution in [2.75, 3.05) is 21.3 Å². The lowest BCUT2D eigenvalue weighted by Gasteiger charge is -2.36. The predicted molar refractivity (Wildman–Crippen MR) is 145 cm³/mol. The fourth-order valence-corrected chi connectivity index (χ4v) is 6.12. The van der Waals surface area contributed by atoms with Crippen LogP contribution in [0.25, 0.3) is 21.8 Å². The highest BCUT2D eigenvalue weighted by molar-refractivity contribution is 6.11. The fraction of sp³-hybridized carbons (Fsp3) is 0.387. The van der Waals surface area contributed by atoms with Crippen LogP contribution in [0.2, 0.25) is 0 Å². The summed E-state index contributed by atoms with van der Waals surface area (Å²) in [6.45, 7) is 4.39. The van der Waals surface area contributed by atoms with E-state index in [-0.39, 0.29) is 23.7 Å². The second kappa shape index (κ2) is 9.98. The van der Waals surface area contributed by atoms with Crippen LogP contribution in [-0.4, -0.2) is 38.2 Å². The second-order valence-electron chi connectivity index (χ2n) is 9.84. The van der Waals surface area contributed by atoms with Crippen LogP contribution < -0.4 is 9.47 Å². The Kier molecular flexibility index (Phi) is 6.76. The molecule has 4 aromatic rings. The zero-order valence-electron chi connectivity index (χ0n) is 21.8. The average Bonchev–Trinajstić information content (AvgIpc) is 3.32. The number of ketones is 1. The number of aromatic nitrogens is 1. The summed E-state index contributed by atoms with van der Waals surface area (Å²) in [7, 11) is 5.01. The summed E-state index contributed by atoms with van der Waals surface area (Å²) >= 11 is 0. The van der Waals surface area contributed by atoms with E-state index in [2.05, 4.69) is 49.2 Å². The molecular weight excluding hydrogens is 450 g/mol. The first-order valence-corrected chi connectivity index (χ1v) is 12.8. The molecule has 0 saturated heterocycles. The first-order valence-electron chi connectivity index (χ1n) is 12.8. The first-order chi connectivity index (χ1) is 17.5. The van der Waals surface area contributed by atoms with Crippen molar-refractivity contribution in [2.24, 2.45) is 5.92 Å². The Labute approximate surface area is 212 Å². The van der Waals surface area contributed by atoms with Crippen LogP contribution in [0.1, 0.15) is 59.2 Å². The lowest BCUT2D eigenvalue weighted by Crippen LogP contribution is -2.33. The Morgan fingerprint density at radius 1 is 1.03 bits per heavy atom. The van der Waals surface area contributed by atoms with Gasteiger partial charge < -0.3 is 19.2 Å². The van der Waals surface area contributed by atoms with Crippen LogP contribution >= 0.6 is 0 Å². The molecule has 1 aliphatic rings. The molecule has 0 bridgehead atoms. The molecule has 1 fully saturated rings. The van der Waals surface area contributed by atoms with E-state index in [0.29, 0.717) is 17.1 Å². The van der Waals surface area contributed by atoms with Crippen LogP contribution in [0.3, 0.4) is 0 Å². The van der Waals surface area contributed by atoms with Crippen molar-refractivity contribution in [3.8, 4) is 11.5 Å². The quantitative estimate of drug-likeness (QED) is 0.287. The highest BCUT2D eigenvalue weighted by Gasteiger charge is 2.39. The van der Waals surface area contributed by atoms with Crippen LogP contribution in [0.4, 0.5) is 0 Å². The molecule has 1 heterocycles. The van der Waals surface area contributed by atoms with Gasteiger partial charge in [0, 0.05) is 34.8 Å². The number of hydrogen-bond donors (Lipinski definition) is 1. The van der Waals surface area contributed by atoms with Gasteiger partial charge in [0.2, 0.25) is 0 Å². The third-order valence-corrected chi connectivity index (χ3v) is 8.11. The minimum absolute atomic E-state index is 0.0275. The Hall–Kier alpha value is -3.31. The van der Waals surface area contributed by atoms with E-state index < -0.39 is 0 Å². The van der Waals surface area contributed by atoms with E-state index >= 15 is 0 Å². The Balaban J connectivity index is 1.71. The SMILES string of the molecule is CCc1cc(C2CC(OC)CCC2C(=O)c2cc(OC)ccc2OC)c2c([nH]c3ccccc32)c1C. The van der Waals surface area contributed by atoms with Gasteiger partial charge in [-0.25, -0.2) is 0 Å². The van der Waals surface area contributed by atoms with Crippen molar-refractivity contribution in [3.05, 3.63) is 70.8 Å². The maximum absolute atomic E-state index is 14.2. The highest BCUT2D eigenvalue weighted by Crippen LogP contribution is 2.46. The first kappa shape index (κ1) is 24.4. The molecule has 188 valence electrons. The van der Waals surface area contributed by atoms with E-state index in [1.165, 1.54) is 33.0 Å². The maximum Gasteiger partial charge on any atom is 0.170 e. The highest BCUT2D eigenvalue weighted by atomic mass is 16.5. The van der Waals surface area contributed by atoms with Crippen LogP contribution in [-0.2, 0) is 11.2 Å². The zero-order chi connectivity index (χ0) is 25.4. The molecule has 0 radical (unpaired) electrons. The number of Topliss-reactive ketones (excluding diaryl/α,β-unsaturated/α-hetero) is 1. The van der Waals surface area contributed by atoms with E-state index in [1.807, 2.05) is 18.2 Å². The smallest absolute Gasteiger partial charge is 0.170 e. The third kappa shape index (κ3) is 4.05. The number of rotatable bonds is 7. The molecular formula is C31H35NO4. The van der Waals surface area contributed by atoms with Crippen molar-refractivity contribution in [1.29, 1.82) is 0 Å². The largest absolute Gasteiger partial charge is 0.497 e. The number of aryl methyl sites for hydroxylation is 2. The number of benzene rings is 3. The number of carbonyl (C=O) groups is 1. The molecule has 1 aromatic heterocycles. The Bertz CT molecular complexity index is 1420. The normalized spacial score (nSPS) is 20.1. The van der Waals surface area contributed by atoms with Gasteiger partial charge in [-0.15, -0.1) is 0 Å². The Morgan fingerprint density at radius 3 is 2.56 bits per heavy atom. The number of ether oxygens (including phenoxy) is 3. The topological polar surface area (TPSA) is 60.6 Å². The number of hydrogen-bond acceptors (Lipinski definition) is 4. The lowest BCUT2D eigenvalue weighted by atomic mass is 9.70. The zero-order valence-corrected chi connectivity index (χ0v) is 21.8. The van der Waals surface area contributed by atoms with Crippen molar-refractivity contribution in [2.45, 2.75) is 51.6 Å². The van der Waals surface area contributed by atoms with Gasteiger partial charge in [0.1, 0.15) is 11.5 Å². The van der Waals surface area contributed by atoms with Gasteiger partial charge in [0.15, 0.2) is 5.78 Å². The van der Waals surface area contributed by atoms with Crippen molar-refractivity contribution < 1.29 is 19.0 Å². The van der Waals surface area contributed by atoms with Gasteiger partial charge in [-0.3, -0.25) is 4.79 Å². The fourth-order valence-electron chi connectivity index (χ4n) is 6.12. The summed E-state index contributed by atoms with van der Waals surface area (Å²) in [6, 6.07) is 16.3. The molecule has 5 nitrogen and oxygen atoms in total. The van der Waals surface area contributed by atoms with E-state index in [1.54, 1.807) is 21.3 Å². The summed E-state index contributed by atoms with van der Waals surface area (Å²) in [4.78, 5) is 17.9. The molecule has 1 N–H and O–H groups in total. The molecule has 3 atom stereocenters. The van der Waals surface area contributed by atoms with E-state index in [0.717, 1.165) is 31.2 Å². The van der Waals surface area contributed by atoms with Crippen LogP contribution in [0.5, 0.6) is 11.5 Å². The molecule has 5 heteroatoms. The summed E-state index contributed by atoms with van der Waals surface area (Å²) in [5.41, 5.74) is 6.72. The van der Waals surface area contributed by atoms with Gasteiger partial charge in [-0.05, 0) is 79.5 Å². The lowest BCUT2D eigenvalue weighted by molar-refractivity contribution is 0.0432. The molecule has 0 amide bonds. The Morgan fingerprint density at radius 2 is 1.83 bits per heavy atom. The van der Waals surface area contributed by atoms with Crippen molar-refractivity contribution >= 4 is 27.6 Å². The van der Waals surface area contributed by atoms with Gasteiger partial charge in [-0.2, -0.15) is 0 Å². The van der Waals surface area contributed by atoms with Crippen molar-refractivity contribution in [1.82, 2.24) is 4.98 Å². The molecule has 0 spiro atoms. The second-order valence-corrected chi connectivity index (χ2v) is 9.84. The number of para-hydroxylation sites is 1. The molecule has 3 unspecified atom stereocenters. The number of carbonyl (C=O) groups excluding carboxylic acids is 1. The summed E-state index contributed by atoms with van der Waals surface area (Å²) in [5, 5.41) is 2.44. The van der Waals surface area contributed by atoms with Crippen LogP contribution in [0.15, 0.2) is 48.5 Å². The number of H-pyrrole nitrogens is 1. The molecule has 1 aliphatic carbocycles. The minimum atomic E-state index is -0.179. The summed E-state index contributed by atoms with van der Waals surface area (Å²) in [5.74, 6) is 1.20. The minimum Gasteiger partial charge on any atom is -0.497 e. The molecule has 5 rings (SSSR count). The van der Waals surface area contributed by atoms with E-state index in [4.69, 9.17) is 14.2 Å². The summed E-state index contributed by atoms with van der Waals surface area (Å²) in [6.07, 6.45) is 3.49. The monoisotopic (exact) mass is 485 g/mol. The number of fused-ring (bicyclic) bond motifs is 3. The number of methoxy groups -OCH3 is 3. The van der Waals surface area contributed by atoms with Gasteiger partial charge in [0.05, 0.1) is 25.9 Å². The standard InChI is InChI=1S/C31H35NO4/c1-6-19-15-25(29-23-9-7-8-10-27(23)32-30(29)18(19)2)24-16-20(34-3)11-13-22(24)31(33)26-17-21(35-4)12-14-28(26)36-5/h7-10,12,14-15,17,20,22,24,32H,6,11,13,16H2,1-5H3. The number of aromatic amines is 1. The van der Waals surface area contributed by atoms with E-state index in [9.17, 15) is 4.79 Å². The third-order valence-electron chi connectivity index (χ3n) is 8.11. The number of nitrogens with one attached hydrogen (secondary N) is 1. The van der Waals surface area contributed by atoms with Crippen LogP contribution in [0, 0.1) is 12.8 Å². The molecule has 36 heavy (non-hydrogen) atoms. The predicted octanol–water partition coefficient (Wildman–Crippen LogP) is 6.99. The van der Waals surface area contributed by atoms with Gasteiger partial charge in [0.25, 0.3) is 0 Å². The van der Waals surface area contributed by atoms with Gasteiger partial charge >= 0.3 is 0 Å². The average molecular weight is 486 g/mol. The summed E-state index contributed by atoms with van der Waals surface area (Å²) < 4.78 is 16.9. The molecule has 0 aliphatic heterocycles. The molecule has 3 aromatic carbocycles. The maximum atomic E-state index is 14.2. The van der Waals surface area contributed by atoms with Crippen molar-refractivity contribution in [3.63, 3.8) is 0 Å². The molecule has 1 saturated carbocycles.